The maximum absolute atomic E-state index is 12.6. The van der Waals surface area contributed by atoms with Gasteiger partial charge in [0.25, 0.3) is 17.4 Å². The molecule has 1 saturated carbocycles. The van der Waals surface area contributed by atoms with Crippen molar-refractivity contribution in [3.8, 4) is 0 Å². The summed E-state index contributed by atoms with van der Waals surface area (Å²) in [6.45, 7) is 0.104. The van der Waals surface area contributed by atoms with E-state index in [9.17, 15) is 19.2 Å². The number of carboxylic acid groups (broad SMARTS) is 1. The molecule has 1 aliphatic carbocycles. The second-order valence-corrected chi connectivity index (χ2v) is 6.40. The molecule has 1 aromatic heterocycles. The Morgan fingerprint density at radius 1 is 1.11 bits per heavy atom. The van der Waals surface area contributed by atoms with Crippen LogP contribution in [0.2, 0.25) is 0 Å². The van der Waals surface area contributed by atoms with E-state index in [1.807, 2.05) is 0 Å². The highest BCUT2D eigenvalue weighted by molar-refractivity contribution is 5.99. The van der Waals surface area contributed by atoms with Gasteiger partial charge in [-0.15, -0.1) is 0 Å². The van der Waals surface area contributed by atoms with Crippen molar-refractivity contribution in [2.24, 2.45) is 0 Å². The normalized spacial score (nSPS) is 13.1. The van der Waals surface area contributed by atoms with E-state index in [-0.39, 0.29) is 35.2 Å². The topological polar surface area (TPSA) is 118 Å². The van der Waals surface area contributed by atoms with Gasteiger partial charge in [0, 0.05) is 19.3 Å². The van der Waals surface area contributed by atoms with Crippen LogP contribution in [0.5, 0.6) is 0 Å². The van der Waals surface area contributed by atoms with Gasteiger partial charge in [-0.3, -0.25) is 14.4 Å². The number of carbonyl (C=O) groups excluding carboxylic acids is 2. The molecule has 1 aliphatic rings. The number of aromatic nitrogens is 1. The van der Waals surface area contributed by atoms with Crippen molar-refractivity contribution >= 4 is 17.8 Å². The molecule has 1 fully saturated rings. The molecule has 3 N–H and O–H groups in total. The number of pyridine rings is 1. The molecule has 2 aromatic rings. The summed E-state index contributed by atoms with van der Waals surface area (Å²) in [6, 6.07) is 7.49. The Kier molecular flexibility index (Phi) is 5.07. The number of hydrogen-bond acceptors (Lipinski definition) is 4. The van der Waals surface area contributed by atoms with Gasteiger partial charge in [-0.25, -0.2) is 4.79 Å². The molecule has 8 nitrogen and oxygen atoms in total. The number of aromatic carboxylic acids is 1. The Labute approximate surface area is 154 Å². The molecule has 0 unspecified atom stereocenters. The van der Waals surface area contributed by atoms with Crippen LogP contribution in [-0.2, 0) is 6.54 Å². The Morgan fingerprint density at radius 2 is 1.78 bits per heavy atom. The highest BCUT2D eigenvalue weighted by Crippen LogP contribution is 2.19. The van der Waals surface area contributed by atoms with Crippen LogP contribution in [0, 0.1) is 0 Å². The molecule has 1 aromatic carbocycles. The van der Waals surface area contributed by atoms with Crippen LogP contribution in [0.3, 0.4) is 0 Å². The van der Waals surface area contributed by atoms with Crippen LogP contribution < -0.4 is 16.2 Å². The lowest BCUT2D eigenvalue weighted by atomic mass is 10.1. The third kappa shape index (κ3) is 4.22. The first-order valence-corrected chi connectivity index (χ1v) is 8.48. The lowest BCUT2D eigenvalue weighted by Gasteiger charge is -2.12. The van der Waals surface area contributed by atoms with Crippen molar-refractivity contribution in [2.75, 3.05) is 7.05 Å². The summed E-state index contributed by atoms with van der Waals surface area (Å²) in [6.07, 6.45) is 3.25. The van der Waals surface area contributed by atoms with Crippen LogP contribution in [0.15, 0.2) is 41.3 Å². The van der Waals surface area contributed by atoms with E-state index in [2.05, 4.69) is 10.6 Å². The van der Waals surface area contributed by atoms with Crippen LogP contribution >= 0.6 is 0 Å². The minimum Gasteiger partial charge on any atom is -0.478 e. The van der Waals surface area contributed by atoms with E-state index in [0.29, 0.717) is 5.56 Å². The molecule has 1 heterocycles. The fourth-order valence-corrected chi connectivity index (χ4v) is 2.62. The molecule has 27 heavy (non-hydrogen) atoms. The molecule has 140 valence electrons. The average Bonchev–Trinajstić information content (AvgIpc) is 3.47. The number of nitrogens with zero attached hydrogens (tertiary/aromatic N) is 1. The summed E-state index contributed by atoms with van der Waals surface area (Å²) in [5.74, 6) is -1.95. The zero-order valence-corrected chi connectivity index (χ0v) is 14.7. The third-order valence-electron chi connectivity index (χ3n) is 4.29. The third-order valence-corrected chi connectivity index (χ3v) is 4.29. The number of benzene rings is 1. The highest BCUT2D eigenvalue weighted by Gasteiger charge is 2.25. The zero-order valence-electron chi connectivity index (χ0n) is 14.7. The van der Waals surface area contributed by atoms with E-state index in [0.717, 1.165) is 12.8 Å². The molecule has 0 aliphatic heterocycles. The smallest absolute Gasteiger partial charge is 0.335 e. The summed E-state index contributed by atoms with van der Waals surface area (Å²) in [5, 5.41) is 14.2. The summed E-state index contributed by atoms with van der Waals surface area (Å²) >= 11 is 0. The van der Waals surface area contributed by atoms with E-state index in [1.54, 1.807) is 12.1 Å². The predicted octanol–water partition coefficient (Wildman–Crippen LogP) is 0.847. The Balaban J connectivity index is 1.96. The van der Waals surface area contributed by atoms with Crippen molar-refractivity contribution < 1.29 is 19.5 Å². The SMILES string of the molecule is CNC(=O)c1cc(C(=O)NC2CC2)cn(Cc2ccc(C(=O)O)cc2)c1=O. The van der Waals surface area contributed by atoms with Gasteiger partial charge in [-0.2, -0.15) is 0 Å². The van der Waals surface area contributed by atoms with E-state index >= 15 is 0 Å². The van der Waals surface area contributed by atoms with E-state index < -0.39 is 17.4 Å². The Morgan fingerprint density at radius 3 is 2.33 bits per heavy atom. The number of amides is 2. The Hall–Kier alpha value is -3.42. The molecule has 8 heteroatoms. The van der Waals surface area contributed by atoms with Gasteiger partial charge >= 0.3 is 5.97 Å². The lowest BCUT2D eigenvalue weighted by molar-refractivity contribution is 0.0696. The maximum atomic E-state index is 12.6. The maximum Gasteiger partial charge on any atom is 0.335 e. The largest absolute Gasteiger partial charge is 0.478 e. The van der Waals surface area contributed by atoms with Gasteiger partial charge in [0.15, 0.2) is 0 Å². The van der Waals surface area contributed by atoms with Crippen molar-refractivity contribution in [2.45, 2.75) is 25.4 Å². The number of nitrogens with one attached hydrogen (secondary N) is 2. The summed E-state index contributed by atoms with van der Waals surface area (Å²) in [4.78, 5) is 48.0. The molecule has 0 saturated heterocycles. The molecule has 0 spiro atoms. The lowest BCUT2D eigenvalue weighted by Crippen LogP contribution is -2.34. The first-order chi connectivity index (χ1) is 12.9. The van der Waals surface area contributed by atoms with Gasteiger partial charge in [0.05, 0.1) is 17.7 Å². The Bertz CT molecular complexity index is 958. The average molecular weight is 369 g/mol. The highest BCUT2D eigenvalue weighted by atomic mass is 16.4. The van der Waals surface area contributed by atoms with Gasteiger partial charge in [0.2, 0.25) is 0 Å². The monoisotopic (exact) mass is 369 g/mol. The zero-order chi connectivity index (χ0) is 19.6. The molecule has 3 rings (SSSR count). The summed E-state index contributed by atoms with van der Waals surface area (Å²) < 4.78 is 1.28. The van der Waals surface area contributed by atoms with Crippen molar-refractivity contribution in [1.82, 2.24) is 15.2 Å². The summed E-state index contributed by atoms with van der Waals surface area (Å²) in [5.41, 5.74) is 0.379. The van der Waals surface area contributed by atoms with Crippen LogP contribution in [0.1, 0.15) is 49.5 Å². The molecule has 0 atom stereocenters. The minimum atomic E-state index is -1.04. The van der Waals surface area contributed by atoms with Gasteiger partial charge in [-0.05, 0) is 36.6 Å². The van der Waals surface area contributed by atoms with Gasteiger partial charge in [0.1, 0.15) is 5.56 Å². The molecule has 0 radical (unpaired) electrons. The molecule has 2 amide bonds. The standard InChI is InChI=1S/C19H19N3O5/c1-20-17(24)15-8-13(16(23)21-14-6-7-14)10-22(18(15)25)9-11-2-4-12(5-3-11)19(26)27/h2-5,8,10,14H,6-7,9H2,1H3,(H,20,24)(H,21,23)(H,26,27). The van der Waals surface area contributed by atoms with E-state index in [1.165, 1.54) is 36.0 Å². The minimum absolute atomic E-state index is 0.104. The van der Waals surface area contributed by atoms with Crippen LogP contribution in [0.4, 0.5) is 0 Å². The second-order valence-electron chi connectivity index (χ2n) is 6.40. The number of hydrogen-bond donors (Lipinski definition) is 3. The number of rotatable bonds is 6. The summed E-state index contributed by atoms with van der Waals surface area (Å²) in [7, 11) is 1.41. The quantitative estimate of drug-likeness (QED) is 0.698. The fourth-order valence-electron chi connectivity index (χ4n) is 2.62. The van der Waals surface area contributed by atoms with Crippen LogP contribution in [0.25, 0.3) is 0 Å². The molecular weight excluding hydrogens is 350 g/mol. The predicted molar refractivity (Wildman–Crippen MR) is 97.1 cm³/mol. The number of carbonyl (C=O) groups is 3. The van der Waals surface area contributed by atoms with Gasteiger partial charge < -0.3 is 20.3 Å². The van der Waals surface area contributed by atoms with Crippen molar-refractivity contribution in [3.05, 3.63) is 69.1 Å². The fraction of sp³-hybridized carbons (Fsp3) is 0.263. The second kappa shape index (κ2) is 7.45. The van der Waals surface area contributed by atoms with Crippen molar-refractivity contribution in [3.63, 3.8) is 0 Å². The first-order valence-electron chi connectivity index (χ1n) is 8.48. The van der Waals surface area contributed by atoms with Crippen LogP contribution in [-0.4, -0.2) is 40.5 Å². The first kappa shape index (κ1) is 18.4. The van der Waals surface area contributed by atoms with Gasteiger partial charge in [-0.1, -0.05) is 12.1 Å². The molecular formula is C19H19N3O5. The van der Waals surface area contributed by atoms with E-state index in [4.69, 9.17) is 5.11 Å². The van der Waals surface area contributed by atoms with Crippen molar-refractivity contribution in [1.29, 1.82) is 0 Å². The molecule has 0 bridgehead atoms. The number of carboxylic acids is 1.